The molecule has 120 valence electrons. The molecule has 2 aromatic heterocycles. The van der Waals surface area contributed by atoms with Gasteiger partial charge in [-0.3, -0.25) is 0 Å². The molecule has 0 fully saturated rings. The highest BCUT2D eigenvalue weighted by Gasteiger charge is 2.04. The van der Waals surface area contributed by atoms with E-state index in [0.29, 0.717) is 6.54 Å². The molecule has 0 spiro atoms. The number of nitrogens with one attached hydrogen (secondary N) is 2. The summed E-state index contributed by atoms with van der Waals surface area (Å²) < 4.78 is 2.00. The van der Waals surface area contributed by atoms with Crippen LogP contribution in [0.4, 0.5) is 0 Å². The summed E-state index contributed by atoms with van der Waals surface area (Å²) in [6, 6.07) is 4.36. The third-order valence-corrected chi connectivity index (χ3v) is 4.48. The molecule has 0 aliphatic rings. The largest absolute Gasteiger partial charge is 0.357 e. The first-order valence-corrected chi connectivity index (χ1v) is 8.54. The van der Waals surface area contributed by atoms with Gasteiger partial charge < -0.3 is 15.2 Å². The molecule has 7 heteroatoms. The van der Waals surface area contributed by atoms with E-state index in [1.807, 2.05) is 15.9 Å². The molecule has 0 radical (unpaired) electrons. The van der Waals surface area contributed by atoms with Gasteiger partial charge in [-0.2, -0.15) is 0 Å². The normalized spacial score (nSPS) is 11.7. The van der Waals surface area contributed by atoms with E-state index >= 15 is 0 Å². The monoisotopic (exact) mass is 320 g/mol. The number of rotatable bonds is 7. The fourth-order valence-corrected chi connectivity index (χ4v) is 2.93. The maximum atomic E-state index is 4.58. The Morgan fingerprint density at radius 2 is 2.05 bits per heavy atom. The van der Waals surface area contributed by atoms with Gasteiger partial charge in [0.2, 0.25) is 0 Å². The lowest BCUT2D eigenvalue weighted by atomic mass is 10.4. The minimum atomic E-state index is 0.522. The summed E-state index contributed by atoms with van der Waals surface area (Å²) in [6.45, 7) is 9.31. The SMILES string of the molecule is CCNC(=NCc1nncn1CC)NCc1ccc(CC)s1. The number of aryl methyl sites for hydroxylation is 2. The molecule has 6 nitrogen and oxygen atoms in total. The number of guanidine groups is 1. The van der Waals surface area contributed by atoms with Crippen molar-refractivity contribution < 1.29 is 0 Å². The van der Waals surface area contributed by atoms with Crippen molar-refractivity contribution in [1.29, 1.82) is 0 Å². The first-order valence-electron chi connectivity index (χ1n) is 7.73. The number of nitrogens with zero attached hydrogens (tertiary/aromatic N) is 4. The Bertz CT molecular complexity index is 601. The average molecular weight is 320 g/mol. The first kappa shape index (κ1) is 16.5. The predicted molar refractivity (Wildman–Crippen MR) is 91.0 cm³/mol. The van der Waals surface area contributed by atoms with E-state index in [2.05, 4.69) is 58.7 Å². The molecule has 0 saturated heterocycles. The maximum absolute atomic E-state index is 4.58. The predicted octanol–water partition coefficient (Wildman–Crippen LogP) is 2.18. The van der Waals surface area contributed by atoms with Gasteiger partial charge in [-0.05, 0) is 32.4 Å². The first-order chi connectivity index (χ1) is 10.8. The number of aromatic nitrogens is 3. The van der Waals surface area contributed by atoms with Crippen LogP contribution in [-0.4, -0.2) is 27.3 Å². The molecule has 0 aromatic carbocycles. The van der Waals surface area contributed by atoms with Crippen LogP contribution in [0.3, 0.4) is 0 Å². The van der Waals surface area contributed by atoms with Crippen LogP contribution in [0.25, 0.3) is 0 Å². The Kier molecular flexibility index (Phi) is 6.39. The quantitative estimate of drug-likeness (QED) is 0.606. The Labute approximate surface area is 135 Å². The molecule has 0 atom stereocenters. The van der Waals surface area contributed by atoms with E-state index in [1.54, 1.807) is 6.33 Å². The number of thiophene rings is 1. The lowest BCUT2D eigenvalue weighted by Crippen LogP contribution is -2.36. The minimum Gasteiger partial charge on any atom is -0.357 e. The molecule has 2 N–H and O–H groups in total. The minimum absolute atomic E-state index is 0.522. The van der Waals surface area contributed by atoms with Crippen molar-refractivity contribution in [3.63, 3.8) is 0 Å². The smallest absolute Gasteiger partial charge is 0.191 e. The van der Waals surface area contributed by atoms with Crippen molar-refractivity contribution in [2.24, 2.45) is 4.99 Å². The van der Waals surface area contributed by atoms with Crippen molar-refractivity contribution in [3.05, 3.63) is 34.0 Å². The second-order valence-electron chi connectivity index (χ2n) is 4.80. The van der Waals surface area contributed by atoms with Crippen LogP contribution in [0.1, 0.15) is 36.3 Å². The summed E-state index contributed by atoms with van der Waals surface area (Å²) in [5.41, 5.74) is 0. The van der Waals surface area contributed by atoms with Gasteiger partial charge in [0.05, 0.1) is 6.54 Å². The number of hydrogen-bond acceptors (Lipinski definition) is 4. The van der Waals surface area contributed by atoms with E-state index < -0.39 is 0 Å². The topological polar surface area (TPSA) is 67.1 Å². The fourth-order valence-electron chi connectivity index (χ4n) is 2.04. The van der Waals surface area contributed by atoms with Crippen molar-refractivity contribution in [2.45, 2.75) is 46.8 Å². The molecule has 0 bridgehead atoms. The summed E-state index contributed by atoms with van der Waals surface area (Å²) in [6.07, 6.45) is 2.83. The van der Waals surface area contributed by atoms with Gasteiger partial charge in [0.25, 0.3) is 0 Å². The van der Waals surface area contributed by atoms with Crippen LogP contribution in [-0.2, 0) is 26.1 Å². The van der Waals surface area contributed by atoms with Crippen molar-refractivity contribution in [3.8, 4) is 0 Å². The van der Waals surface area contributed by atoms with Gasteiger partial charge in [0.15, 0.2) is 11.8 Å². The zero-order chi connectivity index (χ0) is 15.8. The lowest BCUT2D eigenvalue weighted by molar-refractivity contribution is 0.694. The standard InChI is InChI=1S/C15H24N6S/c1-4-12-7-8-13(22-12)9-17-15(16-5-2)18-10-14-20-19-11-21(14)6-3/h7-8,11H,4-6,9-10H2,1-3H3,(H2,16,17,18). The van der Waals surface area contributed by atoms with Gasteiger partial charge >= 0.3 is 0 Å². The molecule has 2 aromatic rings. The van der Waals surface area contributed by atoms with E-state index in [1.165, 1.54) is 9.75 Å². The van der Waals surface area contributed by atoms with Gasteiger partial charge in [-0.25, -0.2) is 4.99 Å². The highest BCUT2D eigenvalue weighted by atomic mass is 32.1. The summed E-state index contributed by atoms with van der Waals surface area (Å²) in [7, 11) is 0. The van der Waals surface area contributed by atoms with Gasteiger partial charge in [0.1, 0.15) is 12.9 Å². The van der Waals surface area contributed by atoms with Crippen LogP contribution < -0.4 is 10.6 Å². The Morgan fingerprint density at radius 3 is 2.73 bits per heavy atom. The summed E-state index contributed by atoms with van der Waals surface area (Å²) in [5.74, 6) is 1.68. The second-order valence-corrected chi connectivity index (χ2v) is 6.06. The fraction of sp³-hybridized carbons (Fsp3) is 0.533. The van der Waals surface area contributed by atoms with Gasteiger partial charge in [-0.1, -0.05) is 6.92 Å². The molecular weight excluding hydrogens is 296 g/mol. The number of hydrogen-bond donors (Lipinski definition) is 2. The molecule has 0 aliphatic carbocycles. The van der Waals surface area contributed by atoms with Crippen LogP contribution in [0.15, 0.2) is 23.5 Å². The van der Waals surface area contributed by atoms with Crippen LogP contribution in [0.2, 0.25) is 0 Å². The van der Waals surface area contributed by atoms with E-state index in [0.717, 1.165) is 37.8 Å². The molecule has 0 saturated carbocycles. The summed E-state index contributed by atoms with van der Waals surface area (Å²) in [4.78, 5) is 7.31. The maximum Gasteiger partial charge on any atom is 0.191 e. The molecule has 0 aliphatic heterocycles. The molecule has 0 unspecified atom stereocenters. The molecule has 0 amide bonds. The molecular formula is C15H24N6S. The average Bonchev–Trinajstić information content (AvgIpc) is 3.18. The highest BCUT2D eigenvalue weighted by molar-refractivity contribution is 7.11. The Balaban J connectivity index is 1.95. The Morgan fingerprint density at radius 1 is 1.23 bits per heavy atom. The van der Waals surface area contributed by atoms with Crippen molar-refractivity contribution >= 4 is 17.3 Å². The summed E-state index contributed by atoms with van der Waals surface area (Å²) in [5, 5.41) is 14.7. The number of aliphatic imine (C=N–C) groups is 1. The molecule has 2 rings (SSSR count). The van der Waals surface area contributed by atoms with Crippen LogP contribution in [0, 0.1) is 0 Å². The van der Waals surface area contributed by atoms with E-state index in [-0.39, 0.29) is 0 Å². The van der Waals surface area contributed by atoms with Crippen molar-refractivity contribution in [1.82, 2.24) is 25.4 Å². The third-order valence-electron chi connectivity index (χ3n) is 3.26. The van der Waals surface area contributed by atoms with E-state index in [9.17, 15) is 0 Å². The third kappa shape index (κ3) is 4.56. The molecule has 22 heavy (non-hydrogen) atoms. The van der Waals surface area contributed by atoms with Crippen LogP contribution >= 0.6 is 11.3 Å². The zero-order valence-corrected chi connectivity index (χ0v) is 14.3. The highest BCUT2D eigenvalue weighted by Crippen LogP contribution is 2.16. The summed E-state index contributed by atoms with van der Waals surface area (Å²) >= 11 is 1.84. The van der Waals surface area contributed by atoms with Gasteiger partial charge in [-0.15, -0.1) is 21.5 Å². The molecule has 2 heterocycles. The van der Waals surface area contributed by atoms with Gasteiger partial charge in [0, 0.05) is 22.8 Å². The zero-order valence-electron chi connectivity index (χ0n) is 13.5. The van der Waals surface area contributed by atoms with E-state index in [4.69, 9.17) is 0 Å². The Hall–Kier alpha value is -1.89. The second kappa shape index (κ2) is 8.53. The van der Waals surface area contributed by atoms with Crippen LogP contribution in [0.5, 0.6) is 0 Å². The van der Waals surface area contributed by atoms with Crippen molar-refractivity contribution in [2.75, 3.05) is 6.54 Å². The lowest BCUT2D eigenvalue weighted by Gasteiger charge is -2.10.